The van der Waals surface area contributed by atoms with Gasteiger partial charge < -0.3 is 14.8 Å². The Bertz CT molecular complexity index is 917. The highest BCUT2D eigenvalue weighted by atomic mass is 127. The fraction of sp³-hybridized carbons (Fsp3) is 0.286. The normalized spacial score (nSPS) is 10.9. The van der Waals surface area contributed by atoms with Crippen LogP contribution in [0.1, 0.15) is 32.8 Å². The van der Waals surface area contributed by atoms with Gasteiger partial charge in [-0.3, -0.25) is 9.59 Å². The smallest absolute Gasteiger partial charge is 0.249 e. The Morgan fingerprint density at radius 3 is 2.53 bits per heavy atom. The van der Waals surface area contributed by atoms with E-state index in [1.54, 1.807) is 6.07 Å². The molecule has 0 radical (unpaired) electrons. The van der Waals surface area contributed by atoms with Crippen molar-refractivity contribution in [2.45, 2.75) is 33.3 Å². The second-order valence-electron chi connectivity index (χ2n) is 6.45. The number of hydrogen-bond acceptors (Lipinski definition) is 5. The number of amides is 2. The summed E-state index contributed by atoms with van der Waals surface area (Å²) in [6, 6.07) is 8.86. The van der Waals surface area contributed by atoms with Crippen LogP contribution in [0.3, 0.4) is 0 Å². The Hall–Kier alpha value is -2.69. The number of carbonyl (C=O) groups is 2. The van der Waals surface area contributed by atoms with E-state index in [0.29, 0.717) is 29.4 Å². The average molecular weight is 527 g/mol. The molecule has 0 heterocycles. The molecule has 0 aliphatic rings. The largest absolute Gasteiger partial charge is 0.490 e. The van der Waals surface area contributed by atoms with Crippen molar-refractivity contribution in [2.24, 2.45) is 5.10 Å². The van der Waals surface area contributed by atoms with Gasteiger partial charge in [-0.2, -0.15) is 5.10 Å². The molecule has 0 aliphatic carbocycles. The molecule has 0 aromatic heterocycles. The van der Waals surface area contributed by atoms with Crippen molar-refractivity contribution in [2.75, 3.05) is 11.9 Å². The first-order valence-electron chi connectivity index (χ1n) is 9.28. The maximum absolute atomic E-state index is 12.9. The van der Waals surface area contributed by atoms with Crippen molar-refractivity contribution < 1.29 is 23.5 Å². The van der Waals surface area contributed by atoms with Crippen molar-refractivity contribution in [3.05, 3.63) is 51.3 Å². The van der Waals surface area contributed by atoms with Crippen molar-refractivity contribution in [1.82, 2.24) is 5.43 Å². The fourth-order valence-corrected chi connectivity index (χ4v) is 3.13. The topological polar surface area (TPSA) is 89.0 Å². The highest BCUT2D eigenvalue weighted by Gasteiger charge is 2.13. The molecular formula is C21H23FIN3O4. The molecule has 2 aromatic rings. The zero-order valence-corrected chi connectivity index (χ0v) is 19.0. The summed E-state index contributed by atoms with van der Waals surface area (Å²) >= 11 is 2.15. The first-order chi connectivity index (χ1) is 14.3. The van der Waals surface area contributed by atoms with Gasteiger partial charge in [0.15, 0.2) is 11.5 Å². The molecule has 0 spiro atoms. The van der Waals surface area contributed by atoms with Gasteiger partial charge in [0.2, 0.25) is 11.8 Å². The van der Waals surface area contributed by atoms with E-state index < -0.39 is 24.1 Å². The van der Waals surface area contributed by atoms with Crippen LogP contribution in [0.5, 0.6) is 11.5 Å². The zero-order valence-electron chi connectivity index (χ0n) is 16.9. The molecule has 0 saturated heterocycles. The molecular weight excluding hydrogens is 504 g/mol. The monoisotopic (exact) mass is 527 g/mol. The van der Waals surface area contributed by atoms with Crippen LogP contribution >= 0.6 is 22.6 Å². The molecule has 2 amide bonds. The predicted octanol–water partition coefficient (Wildman–Crippen LogP) is 4.10. The van der Waals surface area contributed by atoms with E-state index in [0.717, 1.165) is 3.57 Å². The number of ether oxygens (including phenoxy) is 2. The lowest BCUT2D eigenvalue weighted by molar-refractivity contribution is -0.126. The number of nitrogens with one attached hydrogen (secondary N) is 2. The van der Waals surface area contributed by atoms with Gasteiger partial charge in [0.05, 0.1) is 22.5 Å². The number of anilines is 1. The Morgan fingerprint density at radius 1 is 1.20 bits per heavy atom. The van der Waals surface area contributed by atoms with Crippen LogP contribution in [0.15, 0.2) is 41.5 Å². The highest BCUT2D eigenvalue weighted by molar-refractivity contribution is 14.1. The fourth-order valence-electron chi connectivity index (χ4n) is 2.38. The maximum atomic E-state index is 12.9. The van der Waals surface area contributed by atoms with Crippen LogP contribution < -0.4 is 20.2 Å². The number of hydrazone groups is 1. The van der Waals surface area contributed by atoms with Crippen LogP contribution in [0.25, 0.3) is 0 Å². The zero-order chi connectivity index (χ0) is 22.1. The molecule has 0 unspecified atom stereocenters. The van der Waals surface area contributed by atoms with E-state index in [2.05, 4.69) is 38.4 Å². The molecule has 2 rings (SSSR count). The van der Waals surface area contributed by atoms with Crippen LogP contribution in [0.4, 0.5) is 10.1 Å². The Labute approximate surface area is 188 Å². The van der Waals surface area contributed by atoms with E-state index in [1.807, 2.05) is 26.8 Å². The van der Waals surface area contributed by atoms with Crippen LogP contribution in [0, 0.1) is 9.39 Å². The molecule has 160 valence electrons. The Kier molecular flexibility index (Phi) is 9.03. The van der Waals surface area contributed by atoms with E-state index in [1.165, 1.54) is 30.5 Å². The summed E-state index contributed by atoms with van der Waals surface area (Å²) < 4.78 is 25.2. The quantitative estimate of drug-likeness (QED) is 0.223. The average Bonchev–Trinajstić information content (AvgIpc) is 2.66. The molecule has 30 heavy (non-hydrogen) atoms. The van der Waals surface area contributed by atoms with E-state index >= 15 is 0 Å². The molecule has 0 atom stereocenters. The lowest BCUT2D eigenvalue weighted by Gasteiger charge is -2.16. The Balaban J connectivity index is 1.95. The summed E-state index contributed by atoms with van der Waals surface area (Å²) in [5, 5.41) is 6.40. The summed E-state index contributed by atoms with van der Waals surface area (Å²) in [5.74, 6) is -0.273. The minimum Gasteiger partial charge on any atom is -0.490 e. The molecule has 0 aliphatic heterocycles. The standard InChI is InChI=1S/C21H23FIN3O4/c1-4-29-18-10-14(9-17(23)21(18)30-13(2)3)12-24-26-20(28)11-19(27)25-16-7-5-15(22)6-8-16/h5-10,12-13H,4,11H2,1-3H3,(H,25,27)(H,26,28). The summed E-state index contributed by atoms with van der Waals surface area (Å²) in [7, 11) is 0. The number of rotatable bonds is 9. The molecule has 0 fully saturated rings. The summed E-state index contributed by atoms with van der Waals surface area (Å²) in [5.41, 5.74) is 3.42. The first-order valence-corrected chi connectivity index (χ1v) is 10.4. The third-order valence-electron chi connectivity index (χ3n) is 3.54. The third-order valence-corrected chi connectivity index (χ3v) is 4.34. The highest BCUT2D eigenvalue weighted by Crippen LogP contribution is 2.34. The van der Waals surface area contributed by atoms with Gasteiger partial charge in [-0.25, -0.2) is 9.82 Å². The molecule has 0 bridgehead atoms. The van der Waals surface area contributed by atoms with Crippen LogP contribution in [-0.4, -0.2) is 30.7 Å². The SMILES string of the molecule is CCOc1cc(C=NNC(=O)CC(=O)Nc2ccc(F)cc2)cc(I)c1OC(C)C. The number of nitrogens with zero attached hydrogens (tertiary/aromatic N) is 1. The lowest BCUT2D eigenvalue weighted by atomic mass is 10.2. The van der Waals surface area contributed by atoms with Crippen molar-refractivity contribution in [1.29, 1.82) is 0 Å². The van der Waals surface area contributed by atoms with E-state index in [4.69, 9.17) is 9.47 Å². The lowest BCUT2D eigenvalue weighted by Crippen LogP contribution is -2.24. The molecule has 7 nitrogen and oxygen atoms in total. The van der Waals surface area contributed by atoms with E-state index in [9.17, 15) is 14.0 Å². The van der Waals surface area contributed by atoms with Crippen LogP contribution in [0.2, 0.25) is 0 Å². The van der Waals surface area contributed by atoms with Gasteiger partial charge in [-0.1, -0.05) is 0 Å². The molecule has 2 N–H and O–H groups in total. The van der Waals surface area contributed by atoms with Gasteiger partial charge in [-0.15, -0.1) is 0 Å². The van der Waals surface area contributed by atoms with Crippen molar-refractivity contribution in [3.63, 3.8) is 0 Å². The van der Waals surface area contributed by atoms with Gasteiger partial charge in [-0.05, 0) is 85.3 Å². The Morgan fingerprint density at radius 2 is 1.90 bits per heavy atom. The third kappa shape index (κ3) is 7.62. The van der Waals surface area contributed by atoms with Gasteiger partial charge in [0.1, 0.15) is 12.2 Å². The molecule has 0 saturated carbocycles. The van der Waals surface area contributed by atoms with E-state index in [-0.39, 0.29) is 6.10 Å². The summed E-state index contributed by atoms with van der Waals surface area (Å²) in [6.45, 7) is 6.22. The van der Waals surface area contributed by atoms with Gasteiger partial charge in [0.25, 0.3) is 0 Å². The number of halogens is 2. The number of hydrogen-bond donors (Lipinski definition) is 2. The van der Waals surface area contributed by atoms with Crippen LogP contribution in [-0.2, 0) is 9.59 Å². The molecule has 2 aromatic carbocycles. The maximum Gasteiger partial charge on any atom is 0.249 e. The number of carbonyl (C=O) groups excluding carboxylic acids is 2. The summed E-state index contributed by atoms with van der Waals surface area (Å²) in [4.78, 5) is 23.8. The predicted molar refractivity (Wildman–Crippen MR) is 121 cm³/mol. The van der Waals surface area contributed by atoms with Gasteiger partial charge >= 0.3 is 0 Å². The number of benzene rings is 2. The summed E-state index contributed by atoms with van der Waals surface area (Å²) in [6.07, 6.45) is 1.04. The first kappa shape index (κ1) is 23.6. The minimum absolute atomic E-state index is 0.00224. The molecule has 9 heteroatoms. The minimum atomic E-state index is -0.578. The van der Waals surface area contributed by atoms with Gasteiger partial charge in [0, 0.05) is 5.69 Å². The van der Waals surface area contributed by atoms with Crippen molar-refractivity contribution >= 4 is 46.3 Å². The second kappa shape index (κ2) is 11.5. The second-order valence-corrected chi connectivity index (χ2v) is 7.62. The van der Waals surface area contributed by atoms with Crippen molar-refractivity contribution in [3.8, 4) is 11.5 Å².